The van der Waals surface area contributed by atoms with Gasteiger partial charge in [-0.15, -0.1) is 0 Å². The van der Waals surface area contributed by atoms with Crippen LogP contribution in [0, 0.1) is 13.8 Å². The molecule has 1 heterocycles. The lowest BCUT2D eigenvalue weighted by molar-refractivity contribution is 0.102. The van der Waals surface area contributed by atoms with Gasteiger partial charge in [0.1, 0.15) is 0 Å². The van der Waals surface area contributed by atoms with Crippen LogP contribution in [0.5, 0.6) is 0 Å². The van der Waals surface area contributed by atoms with E-state index in [1.807, 2.05) is 73.1 Å². The van der Waals surface area contributed by atoms with E-state index in [1.165, 1.54) is 0 Å². The Hall–Kier alpha value is -2.88. The Morgan fingerprint density at radius 1 is 1.08 bits per heavy atom. The van der Waals surface area contributed by atoms with Gasteiger partial charge in [0.15, 0.2) is 0 Å². The van der Waals surface area contributed by atoms with Crippen LogP contribution in [0.4, 0.5) is 5.69 Å². The molecule has 4 heteroatoms. The van der Waals surface area contributed by atoms with Crippen molar-refractivity contribution in [2.45, 2.75) is 27.2 Å². The maximum Gasteiger partial charge on any atom is 0.255 e. The number of rotatable bonds is 4. The van der Waals surface area contributed by atoms with E-state index in [0.29, 0.717) is 5.56 Å². The summed E-state index contributed by atoms with van der Waals surface area (Å²) in [5, 5.41) is 7.45. The number of carbonyl (C=O) groups is 1. The molecule has 122 valence electrons. The van der Waals surface area contributed by atoms with Gasteiger partial charge in [0.2, 0.25) is 0 Å². The van der Waals surface area contributed by atoms with Gasteiger partial charge in [-0.25, -0.2) is 4.68 Å². The van der Waals surface area contributed by atoms with E-state index in [2.05, 4.69) is 17.3 Å². The fraction of sp³-hybridized carbons (Fsp3) is 0.200. The second-order valence-electron chi connectivity index (χ2n) is 5.85. The first-order valence-electron chi connectivity index (χ1n) is 8.11. The third-order valence-corrected chi connectivity index (χ3v) is 4.03. The molecule has 0 radical (unpaired) electrons. The van der Waals surface area contributed by atoms with Crippen LogP contribution in [-0.2, 0) is 6.42 Å². The Labute approximate surface area is 142 Å². The highest BCUT2D eigenvalue weighted by atomic mass is 16.1. The standard InChI is InChI=1S/C20H21N3O/c1-4-16-7-5-6-8-19(16)21-20(24)17-9-11-18(12-10-17)23-15(3)13-14(2)22-23/h5-13H,4H2,1-3H3,(H,21,24). The molecular weight excluding hydrogens is 298 g/mol. The van der Waals surface area contributed by atoms with Crippen molar-refractivity contribution in [2.24, 2.45) is 0 Å². The SMILES string of the molecule is CCc1ccccc1NC(=O)c1ccc(-n2nc(C)cc2C)cc1. The van der Waals surface area contributed by atoms with Gasteiger partial charge in [-0.1, -0.05) is 25.1 Å². The number of nitrogens with zero attached hydrogens (tertiary/aromatic N) is 2. The van der Waals surface area contributed by atoms with Gasteiger partial charge in [-0.3, -0.25) is 4.79 Å². The van der Waals surface area contributed by atoms with Crippen molar-refractivity contribution in [3.8, 4) is 5.69 Å². The van der Waals surface area contributed by atoms with Gasteiger partial charge in [0, 0.05) is 16.9 Å². The maximum atomic E-state index is 12.5. The summed E-state index contributed by atoms with van der Waals surface area (Å²) >= 11 is 0. The maximum absolute atomic E-state index is 12.5. The zero-order valence-electron chi connectivity index (χ0n) is 14.2. The van der Waals surface area contributed by atoms with Crippen LogP contribution >= 0.6 is 0 Å². The van der Waals surface area contributed by atoms with Crippen LogP contribution in [0.3, 0.4) is 0 Å². The molecule has 0 aliphatic carbocycles. The summed E-state index contributed by atoms with van der Waals surface area (Å²) in [6, 6.07) is 17.4. The highest BCUT2D eigenvalue weighted by molar-refractivity contribution is 6.04. The average molecular weight is 319 g/mol. The molecule has 0 saturated carbocycles. The minimum atomic E-state index is -0.101. The molecule has 4 nitrogen and oxygen atoms in total. The van der Waals surface area contributed by atoms with Crippen LogP contribution in [0.15, 0.2) is 54.6 Å². The van der Waals surface area contributed by atoms with Gasteiger partial charge in [-0.2, -0.15) is 5.10 Å². The Balaban J connectivity index is 1.80. The summed E-state index contributed by atoms with van der Waals surface area (Å²) in [5.41, 5.74) is 5.63. The van der Waals surface area contributed by atoms with Crippen molar-refractivity contribution >= 4 is 11.6 Å². The normalized spacial score (nSPS) is 10.6. The number of hydrogen-bond acceptors (Lipinski definition) is 2. The van der Waals surface area contributed by atoms with Gasteiger partial charge in [0.25, 0.3) is 5.91 Å². The molecule has 1 N–H and O–H groups in total. The third kappa shape index (κ3) is 3.23. The highest BCUT2D eigenvalue weighted by Gasteiger charge is 2.09. The van der Waals surface area contributed by atoms with E-state index in [-0.39, 0.29) is 5.91 Å². The number of benzene rings is 2. The summed E-state index contributed by atoms with van der Waals surface area (Å²) in [6.07, 6.45) is 0.882. The number of aryl methyl sites for hydroxylation is 3. The molecule has 1 aromatic heterocycles. The molecule has 1 amide bonds. The molecule has 0 saturated heterocycles. The van der Waals surface area contributed by atoms with Crippen LogP contribution in [0.2, 0.25) is 0 Å². The zero-order valence-corrected chi connectivity index (χ0v) is 14.2. The van der Waals surface area contributed by atoms with Crippen LogP contribution in [0.25, 0.3) is 5.69 Å². The highest BCUT2D eigenvalue weighted by Crippen LogP contribution is 2.18. The molecule has 0 spiro atoms. The Bertz CT molecular complexity index is 863. The molecule has 0 fully saturated rings. The van der Waals surface area contributed by atoms with Gasteiger partial charge in [-0.05, 0) is 62.2 Å². The van der Waals surface area contributed by atoms with Gasteiger partial charge in [0.05, 0.1) is 11.4 Å². The van der Waals surface area contributed by atoms with Crippen molar-refractivity contribution in [2.75, 3.05) is 5.32 Å². The molecule has 0 bridgehead atoms. The first kappa shape index (κ1) is 16.0. The van der Waals surface area contributed by atoms with Crippen molar-refractivity contribution in [3.05, 3.63) is 77.1 Å². The van der Waals surface area contributed by atoms with Crippen LogP contribution < -0.4 is 5.32 Å². The lowest BCUT2D eigenvalue weighted by atomic mass is 10.1. The molecule has 0 aliphatic rings. The van der Waals surface area contributed by atoms with E-state index < -0.39 is 0 Å². The van der Waals surface area contributed by atoms with Gasteiger partial charge >= 0.3 is 0 Å². The molecule has 2 aromatic carbocycles. The number of amides is 1. The molecule has 3 aromatic rings. The fourth-order valence-corrected chi connectivity index (χ4v) is 2.79. The fourth-order valence-electron chi connectivity index (χ4n) is 2.79. The van der Waals surface area contributed by atoms with Crippen molar-refractivity contribution in [3.63, 3.8) is 0 Å². The molecule has 24 heavy (non-hydrogen) atoms. The summed E-state index contributed by atoms with van der Waals surface area (Å²) in [5.74, 6) is -0.101. The number of aromatic nitrogens is 2. The lowest BCUT2D eigenvalue weighted by Gasteiger charge is -2.10. The number of hydrogen-bond donors (Lipinski definition) is 1. The smallest absolute Gasteiger partial charge is 0.255 e. The largest absolute Gasteiger partial charge is 0.322 e. The number of para-hydroxylation sites is 1. The van der Waals surface area contributed by atoms with E-state index >= 15 is 0 Å². The van der Waals surface area contributed by atoms with Crippen molar-refractivity contribution < 1.29 is 4.79 Å². The predicted molar refractivity (Wildman–Crippen MR) is 96.8 cm³/mol. The molecule has 0 atom stereocenters. The minimum absolute atomic E-state index is 0.101. The monoisotopic (exact) mass is 319 g/mol. The topological polar surface area (TPSA) is 46.9 Å². The van der Waals surface area contributed by atoms with E-state index in [9.17, 15) is 4.79 Å². The summed E-state index contributed by atoms with van der Waals surface area (Å²) in [6.45, 7) is 6.06. The van der Waals surface area contributed by atoms with Gasteiger partial charge < -0.3 is 5.32 Å². The summed E-state index contributed by atoms with van der Waals surface area (Å²) < 4.78 is 1.88. The second-order valence-corrected chi connectivity index (χ2v) is 5.85. The predicted octanol–water partition coefficient (Wildman–Crippen LogP) is 4.30. The number of anilines is 1. The molecule has 3 rings (SSSR count). The quantitative estimate of drug-likeness (QED) is 0.779. The first-order valence-corrected chi connectivity index (χ1v) is 8.11. The average Bonchev–Trinajstić information content (AvgIpc) is 2.94. The number of carbonyl (C=O) groups excluding carboxylic acids is 1. The zero-order chi connectivity index (χ0) is 17.1. The third-order valence-electron chi connectivity index (χ3n) is 4.03. The Morgan fingerprint density at radius 2 is 1.79 bits per heavy atom. The van der Waals surface area contributed by atoms with Crippen LogP contribution in [0.1, 0.15) is 34.2 Å². The Morgan fingerprint density at radius 3 is 2.42 bits per heavy atom. The summed E-state index contributed by atoms with van der Waals surface area (Å²) in [4.78, 5) is 12.5. The molecule has 0 aliphatic heterocycles. The van der Waals surface area contributed by atoms with E-state index in [4.69, 9.17) is 0 Å². The second kappa shape index (κ2) is 6.71. The van der Waals surface area contributed by atoms with Crippen molar-refractivity contribution in [1.82, 2.24) is 9.78 Å². The Kier molecular flexibility index (Phi) is 4.47. The molecular formula is C20H21N3O. The van der Waals surface area contributed by atoms with E-state index in [0.717, 1.165) is 34.7 Å². The first-order chi connectivity index (χ1) is 11.6. The van der Waals surface area contributed by atoms with Crippen LogP contribution in [-0.4, -0.2) is 15.7 Å². The van der Waals surface area contributed by atoms with Crippen molar-refractivity contribution in [1.29, 1.82) is 0 Å². The minimum Gasteiger partial charge on any atom is -0.322 e. The lowest BCUT2D eigenvalue weighted by Crippen LogP contribution is -2.13. The van der Waals surface area contributed by atoms with E-state index in [1.54, 1.807) is 0 Å². The molecule has 0 unspecified atom stereocenters. The number of nitrogens with one attached hydrogen (secondary N) is 1. The summed E-state index contributed by atoms with van der Waals surface area (Å²) in [7, 11) is 0.